The number of amides is 1. The second-order valence-electron chi connectivity index (χ2n) is 7.14. The lowest BCUT2D eigenvalue weighted by molar-refractivity contribution is -0.137. The highest BCUT2D eigenvalue weighted by Crippen LogP contribution is 2.32. The zero-order valence-corrected chi connectivity index (χ0v) is 18.2. The Kier molecular flexibility index (Phi) is 6.70. The molecule has 1 heterocycles. The van der Waals surface area contributed by atoms with Gasteiger partial charge in [-0.05, 0) is 30.3 Å². The van der Waals surface area contributed by atoms with Gasteiger partial charge in [0, 0.05) is 31.9 Å². The van der Waals surface area contributed by atoms with E-state index in [1.54, 1.807) is 23.1 Å². The van der Waals surface area contributed by atoms with Gasteiger partial charge in [0.05, 0.1) is 22.5 Å². The van der Waals surface area contributed by atoms with Crippen molar-refractivity contribution in [2.24, 2.45) is 0 Å². The highest BCUT2D eigenvalue weighted by molar-refractivity contribution is 7.92. The fourth-order valence-corrected chi connectivity index (χ4v) is 4.50. The van der Waals surface area contributed by atoms with Crippen LogP contribution in [0.15, 0.2) is 48.5 Å². The smallest absolute Gasteiger partial charge is 0.368 e. The summed E-state index contributed by atoms with van der Waals surface area (Å²) in [5.74, 6) is -0.408. The number of hydrogen-bond acceptors (Lipinski definition) is 4. The molecule has 0 spiro atoms. The van der Waals surface area contributed by atoms with E-state index in [0.717, 1.165) is 22.7 Å². The summed E-state index contributed by atoms with van der Waals surface area (Å²) in [6.45, 7) is 0.770. The van der Waals surface area contributed by atoms with Gasteiger partial charge in [0.15, 0.2) is 0 Å². The van der Waals surface area contributed by atoms with Gasteiger partial charge in [-0.15, -0.1) is 0 Å². The van der Waals surface area contributed by atoms with E-state index in [0.29, 0.717) is 18.8 Å². The Labute approximate surface area is 183 Å². The van der Waals surface area contributed by atoms with Gasteiger partial charge in [-0.2, -0.15) is 13.2 Å². The zero-order chi connectivity index (χ0) is 22.8. The van der Waals surface area contributed by atoms with Crippen molar-refractivity contribution >= 4 is 38.9 Å². The van der Waals surface area contributed by atoms with Crippen molar-refractivity contribution < 1.29 is 26.4 Å². The van der Waals surface area contributed by atoms with Crippen molar-refractivity contribution in [1.29, 1.82) is 0 Å². The van der Waals surface area contributed by atoms with E-state index in [2.05, 4.69) is 0 Å². The first-order valence-corrected chi connectivity index (χ1v) is 11.6. The van der Waals surface area contributed by atoms with Crippen molar-refractivity contribution in [1.82, 2.24) is 4.90 Å². The number of nitrogens with zero attached hydrogens (tertiary/aromatic N) is 3. The average molecular weight is 476 g/mol. The Morgan fingerprint density at radius 2 is 1.71 bits per heavy atom. The molecule has 11 heteroatoms. The van der Waals surface area contributed by atoms with E-state index in [-0.39, 0.29) is 23.8 Å². The first-order chi connectivity index (χ1) is 14.5. The Balaban J connectivity index is 1.68. The number of hydrogen-bond donors (Lipinski definition) is 0. The standard InChI is InChI=1S/C20H21ClF3N3O3S/c1-31(29,30)27(18-8-3-2-7-17(18)21)14-19(28)26-11-9-25(10-12-26)16-6-4-5-15(13-16)20(22,23)24/h2-8,13H,9-12,14H2,1H3. The molecule has 0 bridgehead atoms. The van der Waals surface area contributed by atoms with Crippen LogP contribution >= 0.6 is 11.6 Å². The lowest BCUT2D eigenvalue weighted by Gasteiger charge is -2.37. The number of rotatable bonds is 5. The maximum absolute atomic E-state index is 13.0. The van der Waals surface area contributed by atoms with Crippen LogP contribution in [0.1, 0.15) is 5.56 Å². The van der Waals surface area contributed by atoms with Crippen molar-refractivity contribution in [3.05, 3.63) is 59.1 Å². The fraction of sp³-hybridized carbons (Fsp3) is 0.350. The van der Waals surface area contributed by atoms with Gasteiger partial charge in [0.25, 0.3) is 0 Å². The molecule has 0 N–H and O–H groups in total. The first-order valence-electron chi connectivity index (χ1n) is 9.39. The van der Waals surface area contributed by atoms with E-state index in [1.165, 1.54) is 23.1 Å². The van der Waals surface area contributed by atoms with Crippen molar-refractivity contribution in [2.45, 2.75) is 6.18 Å². The number of alkyl halides is 3. The molecule has 1 aliphatic heterocycles. The molecule has 0 atom stereocenters. The molecule has 31 heavy (non-hydrogen) atoms. The summed E-state index contributed by atoms with van der Waals surface area (Å²) < 4.78 is 64.3. The molecule has 0 aromatic heterocycles. The second kappa shape index (κ2) is 8.96. The Bertz CT molecular complexity index is 1050. The molecule has 0 saturated carbocycles. The zero-order valence-electron chi connectivity index (χ0n) is 16.6. The van der Waals surface area contributed by atoms with Gasteiger partial charge >= 0.3 is 6.18 Å². The SMILES string of the molecule is CS(=O)(=O)N(CC(=O)N1CCN(c2cccc(C(F)(F)F)c2)CC1)c1ccccc1Cl. The molecule has 168 valence electrons. The van der Waals surface area contributed by atoms with Crippen LogP contribution in [0.3, 0.4) is 0 Å². The van der Waals surface area contributed by atoms with Crippen LogP contribution in [0.5, 0.6) is 0 Å². The van der Waals surface area contributed by atoms with Gasteiger partial charge in [-0.1, -0.05) is 29.8 Å². The number of anilines is 2. The topological polar surface area (TPSA) is 60.9 Å². The van der Waals surface area contributed by atoms with Gasteiger partial charge in [0.1, 0.15) is 6.54 Å². The highest BCUT2D eigenvalue weighted by Gasteiger charge is 2.32. The fourth-order valence-electron chi connectivity index (χ4n) is 3.35. The van der Waals surface area contributed by atoms with Crippen LogP contribution in [0.4, 0.5) is 24.5 Å². The van der Waals surface area contributed by atoms with Crippen LogP contribution in [-0.4, -0.2) is 58.2 Å². The van der Waals surface area contributed by atoms with Crippen molar-refractivity contribution in [3.63, 3.8) is 0 Å². The number of piperazine rings is 1. The predicted octanol–water partition coefficient (Wildman–Crippen LogP) is 3.47. The maximum Gasteiger partial charge on any atom is 0.416 e. The van der Waals surface area contributed by atoms with Crippen LogP contribution in [-0.2, 0) is 21.0 Å². The number of benzene rings is 2. The van der Waals surface area contributed by atoms with E-state index in [4.69, 9.17) is 11.6 Å². The number of sulfonamides is 1. The molecule has 0 unspecified atom stereocenters. The van der Waals surface area contributed by atoms with Crippen LogP contribution in [0.2, 0.25) is 5.02 Å². The van der Waals surface area contributed by atoms with E-state index >= 15 is 0 Å². The van der Waals surface area contributed by atoms with E-state index < -0.39 is 34.2 Å². The summed E-state index contributed by atoms with van der Waals surface area (Å²) in [6, 6.07) is 11.4. The lowest BCUT2D eigenvalue weighted by Crippen LogP contribution is -2.52. The second-order valence-corrected chi connectivity index (χ2v) is 9.45. The van der Waals surface area contributed by atoms with Crippen LogP contribution < -0.4 is 9.21 Å². The molecule has 6 nitrogen and oxygen atoms in total. The Hall–Kier alpha value is -2.46. The molecule has 0 radical (unpaired) electrons. The molecule has 1 fully saturated rings. The van der Waals surface area contributed by atoms with Gasteiger partial charge in [0.2, 0.25) is 15.9 Å². The summed E-state index contributed by atoms with van der Waals surface area (Å²) in [7, 11) is -3.76. The minimum atomic E-state index is -4.43. The quantitative estimate of drug-likeness (QED) is 0.664. The average Bonchev–Trinajstić information content (AvgIpc) is 2.71. The third kappa shape index (κ3) is 5.62. The summed E-state index contributed by atoms with van der Waals surface area (Å²) in [6.07, 6.45) is -3.43. The number of carbonyl (C=O) groups excluding carboxylic acids is 1. The number of para-hydroxylation sites is 1. The largest absolute Gasteiger partial charge is 0.416 e. The summed E-state index contributed by atoms with van der Waals surface area (Å²) in [4.78, 5) is 16.0. The third-order valence-electron chi connectivity index (χ3n) is 4.97. The van der Waals surface area contributed by atoms with E-state index in [1.807, 2.05) is 0 Å². The number of halogens is 4. The van der Waals surface area contributed by atoms with E-state index in [9.17, 15) is 26.4 Å². The molecule has 0 aliphatic carbocycles. The molecule has 2 aromatic rings. The third-order valence-corrected chi connectivity index (χ3v) is 6.42. The molecule has 1 amide bonds. The molecule has 1 saturated heterocycles. The maximum atomic E-state index is 13.0. The van der Waals surface area contributed by atoms with Crippen LogP contribution in [0, 0.1) is 0 Å². The predicted molar refractivity (Wildman–Crippen MR) is 114 cm³/mol. The number of carbonyl (C=O) groups is 1. The Morgan fingerprint density at radius 1 is 1.06 bits per heavy atom. The summed E-state index contributed by atoms with van der Waals surface area (Å²) >= 11 is 6.11. The van der Waals surface area contributed by atoms with Crippen molar-refractivity contribution in [2.75, 3.05) is 48.2 Å². The lowest BCUT2D eigenvalue weighted by atomic mass is 10.1. The van der Waals surface area contributed by atoms with Crippen molar-refractivity contribution in [3.8, 4) is 0 Å². The molecular formula is C20H21ClF3N3O3S. The summed E-state index contributed by atoms with van der Waals surface area (Å²) in [5, 5.41) is 0.204. The molecule has 3 rings (SSSR count). The monoisotopic (exact) mass is 475 g/mol. The molecule has 1 aliphatic rings. The molecule has 2 aromatic carbocycles. The van der Waals surface area contributed by atoms with Gasteiger partial charge in [-0.3, -0.25) is 9.10 Å². The highest BCUT2D eigenvalue weighted by atomic mass is 35.5. The minimum Gasteiger partial charge on any atom is -0.368 e. The van der Waals surface area contributed by atoms with Gasteiger partial charge < -0.3 is 9.80 Å². The summed E-state index contributed by atoms with van der Waals surface area (Å²) in [5.41, 5.74) is -0.0922. The van der Waals surface area contributed by atoms with Gasteiger partial charge in [-0.25, -0.2) is 8.42 Å². The Morgan fingerprint density at radius 3 is 2.29 bits per heavy atom. The van der Waals surface area contributed by atoms with Crippen LogP contribution in [0.25, 0.3) is 0 Å². The normalized spacial score (nSPS) is 15.1. The first kappa shape index (κ1) is 23.2. The minimum absolute atomic E-state index is 0.204. The molecular weight excluding hydrogens is 455 g/mol.